The monoisotopic (exact) mass is 227 g/mol. The molecular formula is C9H13N3O2S. The SMILES string of the molecule is COc1cc(NC(=S)NN)ccc1CO. The molecule has 0 radical (unpaired) electrons. The molecule has 0 heterocycles. The average molecular weight is 227 g/mol. The van der Waals surface area contributed by atoms with Crippen molar-refractivity contribution in [3.63, 3.8) is 0 Å². The zero-order valence-electron chi connectivity index (χ0n) is 8.28. The zero-order valence-corrected chi connectivity index (χ0v) is 9.10. The number of nitrogens with one attached hydrogen (secondary N) is 2. The first-order valence-corrected chi connectivity index (χ1v) is 4.67. The molecule has 0 saturated heterocycles. The highest BCUT2D eigenvalue weighted by atomic mass is 32.1. The van der Waals surface area contributed by atoms with Crippen LogP contribution < -0.4 is 21.3 Å². The highest BCUT2D eigenvalue weighted by Crippen LogP contribution is 2.22. The maximum atomic E-state index is 9.01. The minimum atomic E-state index is -0.0664. The maximum absolute atomic E-state index is 9.01. The van der Waals surface area contributed by atoms with Crippen molar-refractivity contribution in [2.45, 2.75) is 6.61 Å². The molecule has 82 valence electrons. The summed E-state index contributed by atoms with van der Waals surface area (Å²) >= 11 is 4.84. The first-order chi connectivity index (χ1) is 7.21. The first-order valence-electron chi connectivity index (χ1n) is 4.26. The van der Waals surface area contributed by atoms with Crippen molar-refractivity contribution in [1.29, 1.82) is 0 Å². The van der Waals surface area contributed by atoms with E-state index in [1.54, 1.807) is 18.2 Å². The van der Waals surface area contributed by atoms with Crippen LogP contribution in [0.15, 0.2) is 18.2 Å². The van der Waals surface area contributed by atoms with Gasteiger partial charge in [0.25, 0.3) is 0 Å². The molecule has 1 aromatic rings. The second kappa shape index (κ2) is 5.50. The summed E-state index contributed by atoms with van der Waals surface area (Å²) in [6, 6.07) is 5.26. The van der Waals surface area contributed by atoms with Gasteiger partial charge in [0.05, 0.1) is 13.7 Å². The molecule has 0 spiro atoms. The number of hydrogen-bond acceptors (Lipinski definition) is 4. The summed E-state index contributed by atoms with van der Waals surface area (Å²) in [5, 5.41) is 12.2. The Morgan fingerprint density at radius 2 is 2.33 bits per heavy atom. The third-order valence-electron chi connectivity index (χ3n) is 1.85. The van der Waals surface area contributed by atoms with Crippen LogP contribution in [0.5, 0.6) is 5.75 Å². The summed E-state index contributed by atoms with van der Waals surface area (Å²) in [6.07, 6.45) is 0. The second-order valence-corrected chi connectivity index (χ2v) is 3.19. The van der Waals surface area contributed by atoms with Gasteiger partial charge in [-0.15, -0.1) is 0 Å². The van der Waals surface area contributed by atoms with Gasteiger partial charge >= 0.3 is 0 Å². The van der Waals surface area contributed by atoms with Crippen molar-refractivity contribution in [3.05, 3.63) is 23.8 Å². The van der Waals surface area contributed by atoms with Crippen molar-refractivity contribution in [2.24, 2.45) is 5.84 Å². The van der Waals surface area contributed by atoms with Crippen molar-refractivity contribution in [2.75, 3.05) is 12.4 Å². The summed E-state index contributed by atoms with van der Waals surface area (Å²) < 4.78 is 5.10. The van der Waals surface area contributed by atoms with Gasteiger partial charge in [0.1, 0.15) is 5.75 Å². The van der Waals surface area contributed by atoms with E-state index in [0.717, 1.165) is 11.3 Å². The highest BCUT2D eigenvalue weighted by Gasteiger charge is 2.03. The van der Waals surface area contributed by atoms with Crippen LogP contribution in [0.3, 0.4) is 0 Å². The molecule has 6 heteroatoms. The largest absolute Gasteiger partial charge is 0.496 e. The lowest BCUT2D eigenvalue weighted by Crippen LogP contribution is -2.34. The number of hydrogen-bond donors (Lipinski definition) is 4. The maximum Gasteiger partial charge on any atom is 0.185 e. The Morgan fingerprint density at radius 3 is 2.87 bits per heavy atom. The minimum Gasteiger partial charge on any atom is -0.496 e. The average Bonchev–Trinajstić information content (AvgIpc) is 2.28. The topological polar surface area (TPSA) is 79.5 Å². The smallest absolute Gasteiger partial charge is 0.185 e. The molecule has 5 N–H and O–H groups in total. The van der Waals surface area contributed by atoms with E-state index >= 15 is 0 Å². The van der Waals surface area contributed by atoms with E-state index < -0.39 is 0 Å². The Labute approximate surface area is 93.2 Å². The number of anilines is 1. The van der Waals surface area contributed by atoms with Gasteiger partial charge in [0.2, 0.25) is 0 Å². The fourth-order valence-corrected chi connectivity index (χ4v) is 1.24. The van der Waals surface area contributed by atoms with Crippen molar-refractivity contribution in [3.8, 4) is 5.75 Å². The molecule has 0 unspecified atom stereocenters. The zero-order chi connectivity index (χ0) is 11.3. The van der Waals surface area contributed by atoms with Crippen molar-refractivity contribution in [1.82, 2.24) is 5.43 Å². The lowest BCUT2D eigenvalue weighted by Gasteiger charge is -2.10. The molecule has 0 bridgehead atoms. The molecule has 0 saturated carbocycles. The molecule has 0 atom stereocenters. The summed E-state index contributed by atoms with van der Waals surface area (Å²) in [6.45, 7) is -0.0664. The molecule has 0 aromatic heterocycles. The van der Waals surface area contributed by atoms with Gasteiger partial charge in [-0.1, -0.05) is 6.07 Å². The van der Waals surface area contributed by atoms with Gasteiger partial charge in [-0.2, -0.15) is 0 Å². The van der Waals surface area contributed by atoms with Crippen LogP contribution in [0.25, 0.3) is 0 Å². The first kappa shape index (κ1) is 11.7. The number of methoxy groups -OCH3 is 1. The molecule has 15 heavy (non-hydrogen) atoms. The standard InChI is InChI=1S/C9H13N3O2S/c1-14-8-4-7(11-9(15)12-10)3-2-6(8)5-13/h2-4,13H,5,10H2,1H3,(H2,11,12,15). The number of rotatable bonds is 3. The Morgan fingerprint density at radius 1 is 1.60 bits per heavy atom. The third kappa shape index (κ3) is 3.05. The molecule has 1 rings (SSSR count). The molecular weight excluding hydrogens is 214 g/mol. The summed E-state index contributed by atoms with van der Waals surface area (Å²) in [5.74, 6) is 5.72. The lowest BCUT2D eigenvalue weighted by molar-refractivity contribution is 0.274. The normalized spacial score (nSPS) is 9.53. The molecule has 0 aliphatic carbocycles. The number of benzene rings is 1. The van der Waals surface area contributed by atoms with Crippen LogP contribution in [0.4, 0.5) is 5.69 Å². The number of thiocarbonyl (C=S) groups is 1. The number of aliphatic hydroxyl groups excluding tert-OH is 1. The number of aliphatic hydroxyl groups is 1. The van der Waals surface area contributed by atoms with E-state index in [1.165, 1.54) is 7.11 Å². The molecule has 0 amide bonds. The van der Waals surface area contributed by atoms with Gasteiger partial charge in [-0.05, 0) is 18.3 Å². The third-order valence-corrected chi connectivity index (χ3v) is 2.07. The highest BCUT2D eigenvalue weighted by molar-refractivity contribution is 7.80. The quantitative estimate of drug-likeness (QED) is 0.339. The van der Waals surface area contributed by atoms with Gasteiger partial charge in [0.15, 0.2) is 5.11 Å². The fourth-order valence-electron chi connectivity index (χ4n) is 1.12. The number of hydrazine groups is 1. The van der Waals surface area contributed by atoms with Crippen LogP contribution >= 0.6 is 12.2 Å². The van der Waals surface area contributed by atoms with Crippen molar-refractivity contribution >= 4 is 23.0 Å². The molecule has 0 aliphatic heterocycles. The van der Waals surface area contributed by atoms with Crippen LogP contribution in [0.2, 0.25) is 0 Å². The van der Waals surface area contributed by atoms with E-state index in [-0.39, 0.29) is 6.61 Å². The Bertz CT molecular complexity index is 357. The van der Waals surface area contributed by atoms with Crippen molar-refractivity contribution < 1.29 is 9.84 Å². The van der Waals surface area contributed by atoms with Crippen LogP contribution in [0.1, 0.15) is 5.56 Å². The van der Waals surface area contributed by atoms with Crippen LogP contribution in [-0.4, -0.2) is 17.3 Å². The molecule has 5 nitrogen and oxygen atoms in total. The Balaban J connectivity index is 2.88. The van der Waals surface area contributed by atoms with E-state index in [4.69, 9.17) is 27.9 Å². The number of ether oxygens (including phenoxy) is 1. The predicted molar refractivity (Wildman–Crippen MR) is 62.5 cm³/mol. The van der Waals surface area contributed by atoms with Gasteiger partial charge in [-0.25, -0.2) is 5.84 Å². The summed E-state index contributed by atoms with van der Waals surface area (Å²) in [4.78, 5) is 0. The second-order valence-electron chi connectivity index (χ2n) is 2.78. The molecule has 1 aromatic carbocycles. The van der Waals surface area contributed by atoms with Crippen LogP contribution in [-0.2, 0) is 6.61 Å². The number of nitrogens with two attached hydrogens (primary N) is 1. The van der Waals surface area contributed by atoms with E-state index in [1.807, 2.05) is 0 Å². The van der Waals surface area contributed by atoms with Gasteiger partial charge in [0, 0.05) is 17.3 Å². The summed E-state index contributed by atoms with van der Waals surface area (Å²) in [5.41, 5.74) is 3.77. The minimum absolute atomic E-state index is 0.0664. The van der Waals surface area contributed by atoms with Crippen LogP contribution in [0, 0.1) is 0 Å². The van der Waals surface area contributed by atoms with E-state index in [2.05, 4.69) is 10.7 Å². The van der Waals surface area contributed by atoms with E-state index in [0.29, 0.717) is 10.9 Å². The lowest BCUT2D eigenvalue weighted by atomic mass is 10.2. The van der Waals surface area contributed by atoms with Gasteiger partial charge < -0.3 is 20.6 Å². The Kier molecular flexibility index (Phi) is 4.29. The molecule has 0 fully saturated rings. The Hall–Kier alpha value is -1.37. The van der Waals surface area contributed by atoms with E-state index in [9.17, 15) is 0 Å². The summed E-state index contributed by atoms with van der Waals surface area (Å²) in [7, 11) is 1.54. The fraction of sp³-hybridized carbons (Fsp3) is 0.222. The van der Waals surface area contributed by atoms with Gasteiger partial charge in [-0.3, -0.25) is 0 Å². The predicted octanol–water partition coefficient (Wildman–Crippen LogP) is 0.348. The molecule has 0 aliphatic rings.